The van der Waals surface area contributed by atoms with E-state index in [1.165, 1.54) is 0 Å². The van der Waals surface area contributed by atoms with Gasteiger partial charge in [-0.3, -0.25) is 9.48 Å². The Morgan fingerprint density at radius 2 is 2.09 bits per heavy atom. The van der Waals surface area contributed by atoms with Gasteiger partial charge in [0, 0.05) is 43.5 Å². The van der Waals surface area contributed by atoms with Crippen molar-refractivity contribution in [3.8, 4) is 0 Å². The van der Waals surface area contributed by atoms with Crippen molar-refractivity contribution in [3.05, 3.63) is 17.0 Å². The number of nitrogens with one attached hydrogen (secondary N) is 1. The number of nitrogens with zero attached hydrogens (tertiary/aromatic N) is 3. The third-order valence-electron chi connectivity index (χ3n) is 4.22. The Bertz CT molecular complexity index is 512. The van der Waals surface area contributed by atoms with Crippen LogP contribution in [0.4, 0.5) is 0 Å². The van der Waals surface area contributed by atoms with Gasteiger partial charge in [0.15, 0.2) is 0 Å². The Labute approximate surface area is 139 Å². The lowest BCUT2D eigenvalue weighted by Crippen LogP contribution is -2.52. The first-order valence-electron chi connectivity index (χ1n) is 7.93. The minimum absolute atomic E-state index is 0. The summed E-state index contributed by atoms with van der Waals surface area (Å²) in [7, 11) is 0. The molecule has 1 aliphatic heterocycles. The van der Waals surface area contributed by atoms with Crippen molar-refractivity contribution in [1.82, 2.24) is 20.0 Å². The summed E-state index contributed by atoms with van der Waals surface area (Å²) in [6.07, 6.45) is 0.472. The number of amides is 1. The zero-order valence-electron chi connectivity index (χ0n) is 14.3. The quantitative estimate of drug-likeness (QED) is 0.919. The first-order valence-corrected chi connectivity index (χ1v) is 7.93. The molecule has 0 aromatic carbocycles. The SMILES string of the molecule is Cc1nn(CC(C)C)c(C)c1CC(=O)N1CCNC[C@@H]1C.Cl. The number of carbonyl (C=O) groups is 1. The Morgan fingerprint density at radius 1 is 1.41 bits per heavy atom. The molecule has 1 atom stereocenters. The van der Waals surface area contributed by atoms with Crippen molar-refractivity contribution in [2.45, 2.75) is 53.6 Å². The third kappa shape index (κ3) is 4.23. The lowest BCUT2D eigenvalue weighted by molar-refractivity contribution is -0.133. The number of carbonyl (C=O) groups excluding carboxylic acids is 1. The summed E-state index contributed by atoms with van der Waals surface area (Å²) in [6, 6.07) is 0.276. The normalized spacial score (nSPS) is 18.5. The standard InChI is InChI=1S/C16H28N4O.ClH/c1-11(2)10-20-14(5)15(13(4)18-20)8-16(21)19-7-6-17-9-12(19)3;/h11-12,17H,6-10H2,1-5H3;1H/t12-;/m0./s1. The largest absolute Gasteiger partial charge is 0.337 e. The summed E-state index contributed by atoms with van der Waals surface area (Å²) >= 11 is 0. The van der Waals surface area contributed by atoms with Gasteiger partial charge in [-0.15, -0.1) is 12.4 Å². The van der Waals surface area contributed by atoms with Crippen molar-refractivity contribution in [3.63, 3.8) is 0 Å². The highest BCUT2D eigenvalue weighted by Crippen LogP contribution is 2.17. The molecule has 6 heteroatoms. The van der Waals surface area contributed by atoms with Crippen molar-refractivity contribution in [1.29, 1.82) is 0 Å². The molecule has 2 heterocycles. The highest BCUT2D eigenvalue weighted by atomic mass is 35.5. The molecule has 1 N–H and O–H groups in total. The summed E-state index contributed by atoms with van der Waals surface area (Å²) in [6.45, 7) is 14.0. The van der Waals surface area contributed by atoms with Crippen LogP contribution in [0.2, 0.25) is 0 Å². The Balaban J connectivity index is 0.00000242. The van der Waals surface area contributed by atoms with Gasteiger partial charge < -0.3 is 10.2 Å². The molecule has 1 aromatic rings. The molecule has 1 aliphatic rings. The second-order valence-electron chi connectivity index (χ2n) is 6.54. The van der Waals surface area contributed by atoms with Gasteiger partial charge in [0.2, 0.25) is 5.91 Å². The first kappa shape index (κ1) is 19.0. The highest BCUT2D eigenvalue weighted by Gasteiger charge is 2.25. The van der Waals surface area contributed by atoms with Crippen LogP contribution in [0, 0.1) is 19.8 Å². The smallest absolute Gasteiger partial charge is 0.227 e. The third-order valence-corrected chi connectivity index (χ3v) is 4.22. The average molecular weight is 329 g/mol. The molecule has 2 rings (SSSR count). The zero-order valence-corrected chi connectivity index (χ0v) is 15.2. The minimum atomic E-state index is 0. The van der Waals surface area contributed by atoms with Crippen LogP contribution < -0.4 is 5.32 Å². The molecule has 22 heavy (non-hydrogen) atoms. The molecular formula is C16H29ClN4O. The van der Waals surface area contributed by atoms with E-state index in [2.05, 4.69) is 38.1 Å². The van der Waals surface area contributed by atoms with Crippen molar-refractivity contribution >= 4 is 18.3 Å². The fourth-order valence-electron chi connectivity index (χ4n) is 2.98. The van der Waals surface area contributed by atoms with Crippen LogP contribution in [-0.4, -0.2) is 46.3 Å². The van der Waals surface area contributed by atoms with Gasteiger partial charge in [-0.2, -0.15) is 5.10 Å². The molecule has 1 amide bonds. The van der Waals surface area contributed by atoms with Crippen molar-refractivity contribution < 1.29 is 4.79 Å². The minimum Gasteiger partial charge on any atom is -0.337 e. The number of piperazine rings is 1. The maximum absolute atomic E-state index is 12.6. The Kier molecular flexibility index (Phi) is 6.88. The average Bonchev–Trinajstić information content (AvgIpc) is 2.66. The van der Waals surface area contributed by atoms with Crippen LogP contribution in [-0.2, 0) is 17.8 Å². The molecular weight excluding hydrogens is 300 g/mol. The summed E-state index contributed by atoms with van der Waals surface area (Å²) in [5.74, 6) is 0.777. The molecule has 0 saturated carbocycles. The second-order valence-corrected chi connectivity index (χ2v) is 6.54. The van der Waals surface area contributed by atoms with Crippen molar-refractivity contribution in [2.24, 2.45) is 5.92 Å². The number of hydrogen-bond acceptors (Lipinski definition) is 3. The second kappa shape index (κ2) is 7.97. The molecule has 5 nitrogen and oxygen atoms in total. The van der Waals surface area contributed by atoms with E-state index in [1.807, 2.05) is 16.5 Å². The number of halogens is 1. The van der Waals surface area contributed by atoms with Gasteiger partial charge in [0.1, 0.15) is 0 Å². The van der Waals surface area contributed by atoms with Gasteiger partial charge in [0.25, 0.3) is 0 Å². The fraction of sp³-hybridized carbons (Fsp3) is 0.750. The lowest BCUT2D eigenvalue weighted by Gasteiger charge is -2.34. The molecule has 1 aromatic heterocycles. The van der Waals surface area contributed by atoms with Crippen LogP contribution in [0.15, 0.2) is 0 Å². The molecule has 1 saturated heterocycles. The number of aryl methyl sites for hydroxylation is 1. The maximum atomic E-state index is 12.6. The van der Waals surface area contributed by atoms with E-state index in [0.29, 0.717) is 12.3 Å². The maximum Gasteiger partial charge on any atom is 0.227 e. The van der Waals surface area contributed by atoms with E-state index in [0.717, 1.165) is 43.1 Å². The topological polar surface area (TPSA) is 50.2 Å². The van der Waals surface area contributed by atoms with Gasteiger partial charge in [-0.25, -0.2) is 0 Å². The van der Waals surface area contributed by atoms with Gasteiger partial charge >= 0.3 is 0 Å². The van der Waals surface area contributed by atoms with E-state index < -0.39 is 0 Å². The summed E-state index contributed by atoms with van der Waals surface area (Å²) in [4.78, 5) is 14.6. The molecule has 1 fully saturated rings. The zero-order chi connectivity index (χ0) is 15.6. The first-order chi connectivity index (χ1) is 9.90. The predicted octanol–water partition coefficient (Wildman–Crippen LogP) is 1.94. The van der Waals surface area contributed by atoms with Crippen LogP contribution in [0.5, 0.6) is 0 Å². The van der Waals surface area contributed by atoms with Gasteiger partial charge in [-0.05, 0) is 26.7 Å². The molecule has 0 unspecified atom stereocenters. The molecule has 0 aliphatic carbocycles. The molecule has 0 spiro atoms. The molecule has 0 radical (unpaired) electrons. The monoisotopic (exact) mass is 328 g/mol. The van der Waals surface area contributed by atoms with Crippen LogP contribution in [0.3, 0.4) is 0 Å². The molecule has 126 valence electrons. The van der Waals surface area contributed by atoms with Crippen LogP contribution in [0.25, 0.3) is 0 Å². The van der Waals surface area contributed by atoms with Crippen LogP contribution in [0.1, 0.15) is 37.7 Å². The predicted molar refractivity (Wildman–Crippen MR) is 91.5 cm³/mol. The van der Waals surface area contributed by atoms with Gasteiger partial charge in [0.05, 0.1) is 12.1 Å². The van der Waals surface area contributed by atoms with E-state index in [-0.39, 0.29) is 24.4 Å². The fourth-order valence-corrected chi connectivity index (χ4v) is 2.98. The highest BCUT2D eigenvalue weighted by molar-refractivity contribution is 5.85. The van der Waals surface area contributed by atoms with E-state index in [9.17, 15) is 4.79 Å². The number of hydrogen-bond donors (Lipinski definition) is 1. The Hall–Kier alpha value is -1.07. The van der Waals surface area contributed by atoms with Crippen LogP contribution >= 0.6 is 12.4 Å². The molecule has 0 bridgehead atoms. The van der Waals surface area contributed by atoms with E-state index in [4.69, 9.17) is 0 Å². The summed E-state index contributed by atoms with van der Waals surface area (Å²) < 4.78 is 2.05. The summed E-state index contributed by atoms with van der Waals surface area (Å²) in [5, 5.41) is 7.92. The van der Waals surface area contributed by atoms with E-state index in [1.54, 1.807) is 0 Å². The van der Waals surface area contributed by atoms with Gasteiger partial charge in [-0.1, -0.05) is 13.8 Å². The number of rotatable bonds is 4. The van der Waals surface area contributed by atoms with Crippen molar-refractivity contribution in [2.75, 3.05) is 19.6 Å². The number of aromatic nitrogens is 2. The van der Waals surface area contributed by atoms with E-state index >= 15 is 0 Å². The Morgan fingerprint density at radius 3 is 2.68 bits per heavy atom. The summed E-state index contributed by atoms with van der Waals surface area (Å²) in [5.41, 5.74) is 3.23. The lowest BCUT2D eigenvalue weighted by atomic mass is 10.1.